The Morgan fingerprint density at radius 3 is 1.96 bits per heavy atom. The maximum Gasteiger partial charge on any atom is 0.148 e. The zero-order valence-corrected chi connectivity index (χ0v) is 16.5. The molecule has 0 aliphatic heterocycles. The molecule has 0 atom stereocenters. The Hall–Kier alpha value is -2.40. The van der Waals surface area contributed by atoms with Crippen molar-refractivity contribution >= 4 is 11.3 Å². The number of hydrogen-bond donors (Lipinski definition) is 1. The number of benzene rings is 2. The molecule has 0 saturated heterocycles. The summed E-state index contributed by atoms with van der Waals surface area (Å²) in [5.41, 5.74) is 1.99. The summed E-state index contributed by atoms with van der Waals surface area (Å²) in [6, 6.07) is 15.0. The van der Waals surface area contributed by atoms with Crippen LogP contribution < -0.4 is 4.74 Å². The third-order valence-corrected chi connectivity index (χ3v) is 5.43. The fourth-order valence-electron chi connectivity index (χ4n) is 2.83. The number of ether oxygens (including phenoxy) is 1. The normalized spacial score (nSPS) is 10.9. The van der Waals surface area contributed by atoms with Crippen molar-refractivity contribution in [1.29, 1.82) is 0 Å². The highest BCUT2D eigenvalue weighted by Crippen LogP contribution is 2.31. The molecule has 1 aromatic heterocycles. The molecule has 0 aliphatic carbocycles. The Labute approximate surface area is 164 Å². The molecule has 1 N–H and O–H groups in total. The van der Waals surface area contributed by atoms with Crippen molar-refractivity contribution < 1.29 is 9.84 Å². The van der Waals surface area contributed by atoms with Gasteiger partial charge < -0.3 is 9.84 Å². The predicted molar refractivity (Wildman–Crippen MR) is 111 cm³/mol. The third-order valence-electron chi connectivity index (χ3n) is 4.41. The highest BCUT2D eigenvalue weighted by molar-refractivity contribution is 7.17. The Kier molecular flexibility index (Phi) is 7.22. The second-order valence-corrected chi connectivity index (χ2v) is 7.58. The van der Waals surface area contributed by atoms with Gasteiger partial charge in [0.15, 0.2) is 0 Å². The van der Waals surface area contributed by atoms with E-state index in [0.29, 0.717) is 0 Å². The van der Waals surface area contributed by atoms with Gasteiger partial charge in [0, 0.05) is 11.1 Å². The SMILES string of the molecule is CCCCCCCCOc1ccc(-c2nnc(-c3ccc(O)cc3)s2)cc1. The van der Waals surface area contributed by atoms with Crippen LogP contribution in [-0.4, -0.2) is 21.9 Å². The van der Waals surface area contributed by atoms with Gasteiger partial charge in [-0.05, 0) is 55.0 Å². The monoisotopic (exact) mass is 382 g/mol. The molecule has 3 rings (SSSR count). The lowest BCUT2D eigenvalue weighted by atomic mass is 10.1. The van der Waals surface area contributed by atoms with Gasteiger partial charge in [-0.2, -0.15) is 0 Å². The van der Waals surface area contributed by atoms with Crippen LogP contribution in [-0.2, 0) is 0 Å². The number of nitrogens with zero attached hydrogens (tertiary/aromatic N) is 2. The highest BCUT2D eigenvalue weighted by atomic mass is 32.1. The number of aromatic nitrogens is 2. The summed E-state index contributed by atoms with van der Waals surface area (Å²) in [5, 5.41) is 19.7. The lowest BCUT2D eigenvalue weighted by molar-refractivity contribution is 0.304. The van der Waals surface area contributed by atoms with Gasteiger partial charge in [-0.3, -0.25) is 0 Å². The minimum absolute atomic E-state index is 0.250. The van der Waals surface area contributed by atoms with E-state index in [-0.39, 0.29) is 5.75 Å². The van der Waals surface area contributed by atoms with E-state index in [1.165, 1.54) is 43.4 Å². The fourth-order valence-corrected chi connectivity index (χ4v) is 3.68. The number of unbranched alkanes of at least 4 members (excludes halogenated alkanes) is 5. The van der Waals surface area contributed by atoms with Crippen molar-refractivity contribution in [2.24, 2.45) is 0 Å². The van der Waals surface area contributed by atoms with Crippen LogP contribution in [0.2, 0.25) is 0 Å². The smallest absolute Gasteiger partial charge is 0.148 e. The third kappa shape index (κ3) is 5.79. The van der Waals surface area contributed by atoms with Crippen LogP contribution in [0.3, 0.4) is 0 Å². The van der Waals surface area contributed by atoms with E-state index in [1.807, 2.05) is 36.4 Å². The van der Waals surface area contributed by atoms with Gasteiger partial charge in [0.05, 0.1) is 6.61 Å². The Morgan fingerprint density at radius 2 is 1.33 bits per heavy atom. The van der Waals surface area contributed by atoms with Crippen LogP contribution in [0.15, 0.2) is 48.5 Å². The van der Waals surface area contributed by atoms with Crippen molar-refractivity contribution in [3.8, 4) is 32.6 Å². The molecule has 4 nitrogen and oxygen atoms in total. The summed E-state index contributed by atoms with van der Waals surface area (Å²) >= 11 is 1.54. The minimum Gasteiger partial charge on any atom is -0.508 e. The molecule has 0 spiro atoms. The largest absolute Gasteiger partial charge is 0.508 e. The van der Waals surface area contributed by atoms with Gasteiger partial charge >= 0.3 is 0 Å². The molecule has 0 radical (unpaired) electrons. The van der Waals surface area contributed by atoms with Crippen LogP contribution in [0.1, 0.15) is 45.4 Å². The summed E-state index contributed by atoms with van der Waals surface area (Å²) in [4.78, 5) is 0. The second kappa shape index (κ2) is 10.1. The van der Waals surface area contributed by atoms with Crippen LogP contribution in [0.4, 0.5) is 0 Å². The number of hydrogen-bond acceptors (Lipinski definition) is 5. The molecule has 5 heteroatoms. The molecular formula is C22H26N2O2S. The number of phenolic OH excluding ortho intramolecular Hbond substituents is 1. The Bertz CT molecular complexity index is 813. The van der Waals surface area contributed by atoms with E-state index < -0.39 is 0 Å². The molecule has 0 bridgehead atoms. The average molecular weight is 383 g/mol. The second-order valence-electron chi connectivity index (χ2n) is 6.60. The predicted octanol–water partition coefficient (Wildman–Crippen LogP) is 6.32. The Morgan fingerprint density at radius 1 is 0.778 bits per heavy atom. The summed E-state index contributed by atoms with van der Waals surface area (Å²) in [5.74, 6) is 1.15. The summed E-state index contributed by atoms with van der Waals surface area (Å²) < 4.78 is 5.83. The molecule has 3 aromatic rings. The first kappa shape index (κ1) is 19.4. The van der Waals surface area contributed by atoms with E-state index in [0.717, 1.165) is 39.9 Å². The summed E-state index contributed by atoms with van der Waals surface area (Å²) in [6.45, 7) is 3.01. The molecule has 2 aromatic carbocycles. The van der Waals surface area contributed by atoms with Crippen molar-refractivity contribution in [2.45, 2.75) is 45.4 Å². The molecule has 27 heavy (non-hydrogen) atoms. The fraction of sp³-hybridized carbons (Fsp3) is 0.364. The summed E-state index contributed by atoms with van der Waals surface area (Å²) in [6.07, 6.45) is 7.60. The van der Waals surface area contributed by atoms with Gasteiger partial charge in [0.2, 0.25) is 0 Å². The first-order chi connectivity index (χ1) is 13.3. The van der Waals surface area contributed by atoms with Crippen LogP contribution in [0.5, 0.6) is 11.5 Å². The van der Waals surface area contributed by atoms with Crippen LogP contribution in [0, 0.1) is 0 Å². The van der Waals surface area contributed by atoms with Crippen molar-refractivity contribution in [2.75, 3.05) is 6.61 Å². The standard InChI is InChI=1S/C22H26N2O2S/c1-2-3-4-5-6-7-16-26-20-14-10-18(11-15-20)22-24-23-21(27-22)17-8-12-19(25)13-9-17/h8-15,25H,2-7,16H2,1H3. The van der Waals surface area contributed by atoms with E-state index in [4.69, 9.17) is 4.74 Å². The van der Waals surface area contributed by atoms with Gasteiger partial charge in [-0.15, -0.1) is 10.2 Å². The number of aromatic hydroxyl groups is 1. The van der Waals surface area contributed by atoms with Crippen molar-refractivity contribution in [3.05, 3.63) is 48.5 Å². The van der Waals surface area contributed by atoms with Crippen LogP contribution in [0.25, 0.3) is 21.1 Å². The molecule has 0 amide bonds. The van der Waals surface area contributed by atoms with Gasteiger partial charge in [0.25, 0.3) is 0 Å². The van der Waals surface area contributed by atoms with Gasteiger partial charge in [0.1, 0.15) is 21.5 Å². The molecule has 142 valence electrons. The van der Waals surface area contributed by atoms with E-state index in [9.17, 15) is 5.11 Å². The molecule has 0 saturated carbocycles. The summed E-state index contributed by atoms with van der Waals surface area (Å²) in [7, 11) is 0. The first-order valence-electron chi connectivity index (χ1n) is 9.62. The molecule has 0 fully saturated rings. The van der Waals surface area contributed by atoms with E-state index >= 15 is 0 Å². The first-order valence-corrected chi connectivity index (χ1v) is 10.4. The van der Waals surface area contributed by atoms with Crippen molar-refractivity contribution in [3.63, 3.8) is 0 Å². The zero-order valence-electron chi connectivity index (χ0n) is 15.7. The number of rotatable bonds is 10. The highest BCUT2D eigenvalue weighted by Gasteiger charge is 2.09. The average Bonchev–Trinajstić information content (AvgIpc) is 3.18. The van der Waals surface area contributed by atoms with E-state index in [2.05, 4.69) is 17.1 Å². The maximum atomic E-state index is 9.39. The maximum absolute atomic E-state index is 9.39. The van der Waals surface area contributed by atoms with Gasteiger partial charge in [-0.1, -0.05) is 50.4 Å². The minimum atomic E-state index is 0.250. The molecular weight excluding hydrogens is 356 g/mol. The van der Waals surface area contributed by atoms with Crippen molar-refractivity contribution in [1.82, 2.24) is 10.2 Å². The topological polar surface area (TPSA) is 55.2 Å². The Balaban J connectivity index is 1.51. The van der Waals surface area contributed by atoms with Crippen LogP contribution >= 0.6 is 11.3 Å². The number of phenols is 1. The quantitative estimate of drug-likeness (QED) is 0.417. The van der Waals surface area contributed by atoms with E-state index in [1.54, 1.807) is 12.1 Å². The zero-order chi connectivity index (χ0) is 18.9. The molecule has 1 heterocycles. The molecule has 0 unspecified atom stereocenters. The lowest BCUT2D eigenvalue weighted by Gasteiger charge is -2.06. The lowest BCUT2D eigenvalue weighted by Crippen LogP contribution is -1.97. The molecule has 0 aliphatic rings. The van der Waals surface area contributed by atoms with Gasteiger partial charge in [-0.25, -0.2) is 0 Å².